The number of rotatable bonds is 1. The van der Waals surface area contributed by atoms with Gasteiger partial charge in [-0.1, -0.05) is 5.57 Å². The van der Waals surface area contributed by atoms with Gasteiger partial charge in [0.15, 0.2) is 0 Å². The maximum Gasteiger partial charge on any atom is 0.334 e. The molecule has 3 heteroatoms. The van der Waals surface area contributed by atoms with E-state index in [-0.39, 0.29) is 5.57 Å². The van der Waals surface area contributed by atoms with Gasteiger partial charge >= 0.3 is 5.97 Å². The first-order valence-electron chi connectivity index (χ1n) is 3.40. The third-order valence-corrected chi connectivity index (χ3v) is 1.69. The lowest BCUT2D eigenvalue weighted by molar-refractivity contribution is -0.132. The quantitative estimate of drug-likeness (QED) is 0.630. The molecule has 1 N–H and O–H groups in total. The van der Waals surface area contributed by atoms with Gasteiger partial charge in [0, 0.05) is 0 Å². The van der Waals surface area contributed by atoms with Crippen molar-refractivity contribution < 1.29 is 14.3 Å². The minimum Gasteiger partial charge on any atom is -0.478 e. The normalized spacial score (nSPS) is 18.2. The smallest absolute Gasteiger partial charge is 0.334 e. The zero-order chi connectivity index (χ0) is 8.43. The van der Waals surface area contributed by atoms with Crippen LogP contribution in [0.5, 0.6) is 0 Å². The highest BCUT2D eigenvalue weighted by Crippen LogP contribution is 2.24. The van der Waals surface area contributed by atoms with E-state index in [0.717, 1.165) is 5.57 Å². The number of halogens is 1. The molecule has 0 saturated carbocycles. The Kier molecular flexibility index (Phi) is 2.08. The van der Waals surface area contributed by atoms with Crippen LogP contribution in [0.1, 0.15) is 19.8 Å². The van der Waals surface area contributed by atoms with Crippen molar-refractivity contribution in [3.8, 4) is 0 Å². The van der Waals surface area contributed by atoms with E-state index in [9.17, 15) is 9.18 Å². The van der Waals surface area contributed by atoms with Crippen LogP contribution in [-0.4, -0.2) is 11.1 Å². The lowest BCUT2D eigenvalue weighted by Gasteiger charge is -2.09. The Morgan fingerprint density at radius 1 is 1.64 bits per heavy atom. The molecular weight excluding hydrogens is 147 g/mol. The number of hydrogen-bond acceptors (Lipinski definition) is 1. The first-order valence-corrected chi connectivity index (χ1v) is 3.40. The second kappa shape index (κ2) is 2.86. The van der Waals surface area contributed by atoms with Crippen LogP contribution in [0.4, 0.5) is 4.39 Å². The van der Waals surface area contributed by atoms with Crippen LogP contribution in [0.3, 0.4) is 0 Å². The highest BCUT2D eigenvalue weighted by Gasteiger charge is 2.16. The number of hydrogen-bond donors (Lipinski definition) is 1. The van der Waals surface area contributed by atoms with Crippen LogP contribution in [0.25, 0.3) is 0 Å². The van der Waals surface area contributed by atoms with Gasteiger partial charge in [0.1, 0.15) is 5.83 Å². The highest BCUT2D eigenvalue weighted by molar-refractivity contribution is 5.88. The van der Waals surface area contributed by atoms with E-state index in [1.54, 1.807) is 6.92 Å². The summed E-state index contributed by atoms with van der Waals surface area (Å²) in [6.45, 7) is 1.79. The van der Waals surface area contributed by atoms with Crippen LogP contribution in [-0.2, 0) is 4.79 Å². The SMILES string of the molecule is CC1=CC(F)=C(C(=O)O)CC1. The van der Waals surface area contributed by atoms with Crippen LogP contribution < -0.4 is 0 Å². The zero-order valence-corrected chi connectivity index (χ0v) is 6.22. The fourth-order valence-corrected chi connectivity index (χ4v) is 1.03. The molecule has 0 heterocycles. The minimum absolute atomic E-state index is 0.101. The molecule has 0 bridgehead atoms. The largest absolute Gasteiger partial charge is 0.478 e. The molecule has 2 nitrogen and oxygen atoms in total. The second-order valence-electron chi connectivity index (χ2n) is 2.62. The Labute approximate surface area is 64.0 Å². The summed E-state index contributed by atoms with van der Waals surface area (Å²) < 4.78 is 12.8. The fourth-order valence-electron chi connectivity index (χ4n) is 1.03. The standard InChI is InChI=1S/C8H9FO2/c1-5-2-3-6(8(10)11)7(9)4-5/h4H,2-3H2,1H3,(H,10,11). The maximum atomic E-state index is 12.8. The third-order valence-electron chi connectivity index (χ3n) is 1.69. The Morgan fingerprint density at radius 3 is 2.73 bits per heavy atom. The highest BCUT2D eigenvalue weighted by atomic mass is 19.1. The van der Waals surface area contributed by atoms with Crippen molar-refractivity contribution >= 4 is 5.97 Å². The number of carbonyl (C=O) groups is 1. The van der Waals surface area contributed by atoms with Crippen molar-refractivity contribution in [2.45, 2.75) is 19.8 Å². The number of aliphatic carboxylic acids is 1. The monoisotopic (exact) mass is 156 g/mol. The Hall–Kier alpha value is -1.12. The first kappa shape index (κ1) is 7.98. The molecule has 1 rings (SSSR count). The van der Waals surface area contributed by atoms with Gasteiger partial charge in [0.25, 0.3) is 0 Å². The summed E-state index contributed by atoms with van der Waals surface area (Å²) in [6, 6.07) is 0. The van der Waals surface area contributed by atoms with Crippen molar-refractivity contribution in [1.82, 2.24) is 0 Å². The number of allylic oxidation sites excluding steroid dienone is 3. The molecule has 0 radical (unpaired) electrons. The summed E-state index contributed by atoms with van der Waals surface area (Å²) in [5, 5.41) is 8.47. The Bertz CT molecular complexity index is 251. The van der Waals surface area contributed by atoms with Gasteiger partial charge < -0.3 is 5.11 Å². The van der Waals surface area contributed by atoms with Crippen molar-refractivity contribution in [2.75, 3.05) is 0 Å². The third kappa shape index (κ3) is 1.67. The van der Waals surface area contributed by atoms with E-state index < -0.39 is 11.8 Å². The molecule has 0 spiro atoms. The van der Waals surface area contributed by atoms with Gasteiger partial charge in [-0.3, -0.25) is 0 Å². The fraction of sp³-hybridized carbons (Fsp3) is 0.375. The molecule has 60 valence electrons. The van der Waals surface area contributed by atoms with Crippen LogP contribution >= 0.6 is 0 Å². The zero-order valence-electron chi connectivity index (χ0n) is 6.22. The lowest BCUT2D eigenvalue weighted by atomic mass is 9.99. The molecular formula is C8H9FO2. The summed E-state index contributed by atoms with van der Waals surface area (Å²) in [6.07, 6.45) is 2.24. The molecule has 0 amide bonds. The molecule has 0 aliphatic heterocycles. The molecule has 0 fully saturated rings. The van der Waals surface area contributed by atoms with Crippen molar-refractivity contribution in [3.05, 3.63) is 23.0 Å². The van der Waals surface area contributed by atoms with Crippen molar-refractivity contribution in [3.63, 3.8) is 0 Å². The molecule has 0 unspecified atom stereocenters. The molecule has 0 saturated heterocycles. The van der Waals surface area contributed by atoms with Crippen molar-refractivity contribution in [1.29, 1.82) is 0 Å². The summed E-state index contributed by atoms with van der Waals surface area (Å²) in [7, 11) is 0. The van der Waals surface area contributed by atoms with E-state index in [1.807, 2.05) is 0 Å². The number of carboxylic acids is 1. The lowest BCUT2D eigenvalue weighted by Crippen LogP contribution is -2.05. The van der Waals surface area contributed by atoms with Gasteiger partial charge in [0.2, 0.25) is 0 Å². The van der Waals surface area contributed by atoms with Crippen molar-refractivity contribution in [2.24, 2.45) is 0 Å². The van der Waals surface area contributed by atoms with Crippen LogP contribution in [0, 0.1) is 0 Å². The van der Waals surface area contributed by atoms with Gasteiger partial charge in [-0.05, 0) is 25.8 Å². The Balaban J connectivity index is 2.95. The predicted octanol–water partition coefficient (Wildman–Crippen LogP) is 2.03. The van der Waals surface area contributed by atoms with E-state index in [0.29, 0.717) is 12.8 Å². The van der Waals surface area contributed by atoms with Crippen LogP contribution in [0.2, 0.25) is 0 Å². The molecule has 1 aliphatic carbocycles. The minimum atomic E-state index is -1.15. The molecule has 11 heavy (non-hydrogen) atoms. The maximum absolute atomic E-state index is 12.8. The van der Waals surface area contributed by atoms with Gasteiger partial charge in [-0.25, -0.2) is 9.18 Å². The molecule has 0 aromatic rings. The summed E-state index contributed by atoms with van der Waals surface area (Å²) in [5.41, 5.74) is 0.795. The molecule has 1 aliphatic rings. The van der Waals surface area contributed by atoms with E-state index in [1.165, 1.54) is 6.08 Å². The number of carboxylic acid groups (broad SMARTS) is 1. The van der Waals surface area contributed by atoms with Crippen LogP contribution in [0.15, 0.2) is 23.0 Å². The molecule has 0 aromatic heterocycles. The average molecular weight is 156 g/mol. The van der Waals surface area contributed by atoms with Gasteiger partial charge in [0.05, 0.1) is 5.57 Å². The Morgan fingerprint density at radius 2 is 2.27 bits per heavy atom. The summed E-state index contributed by atoms with van der Waals surface area (Å²) >= 11 is 0. The molecule has 0 atom stereocenters. The van der Waals surface area contributed by atoms with E-state index in [4.69, 9.17) is 5.11 Å². The van der Waals surface area contributed by atoms with Gasteiger partial charge in [-0.15, -0.1) is 0 Å². The van der Waals surface area contributed by atoms with E-state index >= 15 is 0 Å². The second-order valence-corrected chi connectivity index (χ2v) is 2.62. The predicted molar refractivity (Wildman–Crippen MR) is 38.8 cm³/mol. The molecule has 0 aromatic carbocycles. The van der Waals surface area contributed by atoms with Gasteiger partial charge in [-0.2, -0.15) is 0 Å². The summed E-state index contributed by atoms with van der Waals surface area (Å²) in [4.78, 5) is 10.3. The average Bonchev–Trinajstić information content (AvgIpc) is 1.85. The first-order chi connectivity index (χ1) is 5.11. The summed E-state index contributed by atoms with van der Waals surface area (Å²) in [5.74, 6) is -1.74. The van der Waals surface area contributed by atoms with E-state index in [2.05, 4.69) is 0 Å². The topological polar surface area (TPSA) is 37.3 Å².